The third-order valence-corrected chi connectivity index (χ3v) is 4.00. The highest BCUT2D eigenvalue weighted by Gasteiger charge is 2.17. The maximum absolute atomic E-state index is 12.1. The van der Waals surface area contributed by atoms with E-state index in [0.717, 1.165) is 14.5 Å². The first-order valence-electron chi connectivity index (χ1n) is 4.74. The quantitative estimate of drug-likeness (QED) is 0.689. The lowest BCUT2D eigenvalue weighted by Gasteiger charge is -2.05. The van der Waals surface area contributed by atoms with Crippen LogP contribution in [0, 0.1) is 6.92 Å². The third kappa shape index (κ3) is 2.64. The van der Waals surface area contributed by atoms with Gasteiger partial charge >= 0.3 is 0 Å². The average Bonchev–Trinajstić information content (AvgIpc) is 2.69. The highest BCUT2D eigenvalue weighted by atomic mass is 79.9. The van der Waals surface area contributed by atoms with Gasteiger partial charge in [-0.1, -0.05) is 31.9 Å². The molecule has 0 N–H and O–H groups in total. The molecule has 0 radical (unpaired) electrons. The fourth-order valence-corrected chi connectivity index (χ4v) is 2.52. The zero-order chi connectivity index (χ0) is 12.6. The fourth-order valence-electron chi connectivity index (χ4n) is 1.39. The first kappa shape index (κ1) is 12.9. The molecular weight excluding hydrogens is 371 g/mol. The Morgan fingerprint density at radius 2 is 1.94 bits per heavy atom. The Labute approximate surface area is 120 Å². The number of carbonyl (C=O) groups is 1. The van der Waals surface area contributed by atoms with Crippen molar-refractivity contribution in [1.29, 1.82) is 0 Å². The molecule has 0 atom stereocenters. The maximum atomic E-state index is 12.1. The van der Waals surface area contributed by atoms with Crippen LogP contribution in [0.5, 0.6) is 0 Å². The second-order valence-corrected chi connectivity index (χ2v) is 5.60. The van der Waals surface area contributed by atoms with Crippen molar-refractivity contribution < 1.29 is 9.21 Å². The van der Waals surface area contributed by atoms with Crippen LogP contribution in [0.3, 0.4) is 0 Å². The first-order valence-corrected chi connectivity index (χ1v) is 6.71. The van der Waals surface area contributed by atoms with Crippen LogP contribution in [0.1, 0.15) is 21.7 Å². The fraction of sp³-hybridized carbons (Fsp3) is 0.0833. The molecule has 0 aliphatic carbocycles. The summed E-state index contributed by atoms with van der Waals surface area (Å²) >= 11 is 12.4. The molecule has 0 aliphatic rings. The molecule has 0 spiro atoms. The van der Waals surface area contributed by atoms with E-state index in [0.29, 0.717) is 5.56 Å². The molecule has 1 aromatic heterocycles. The van der Waals surface area contributed by atoms with Gasteiger partial charge in [-0.3, -0.25) is 4.79 Å². The number of aryl methyl sites for hydroxylation is 1. The second kappa shape index (κ2) is 4.96. The summed E-state index contributed by atoms with van der Waals surface area (Å²) in [4.78, 5) is 12.1. The summed E-state index contributed by atoms with van der Waals surface area (Å²) in [6.07, 6.45) is 0. The Morgan fingerprint density at radius 3 is 2.53 bits per heavy atom. The summed E-state index contributed by atoms with van der Waals surface area (Å²) in [6.45, 7) is 1.95. The molecule has 2 rings (SSSR count). The van der Waals surface area contributed by atoms with Crippen LogP contribution in [0.2, 0.25) is 5.22 Å². The largest absolute Gasteiger partial charge is 0.441 e. The van der Waals surface area contributed by atoms with Crippen LogP contribution in [-0.2, 0) is 0 Å². The minimum absolute atomic E-state index is 0.204. The van der Waals surface area contributed by atoms with Crippen LogP contribution >= 0.6 is 43.5 Å². The molecule has 17 heavy (non-hydrogen) atoms. The Morgan fingerprint density at radius 1 is 1.24 bits per heavy atom. The van der Waals surface area contributed by atoms with E-state index in [1.54, 1.807) is 18.2 Å². The van der Waals surface area contributed by atoms with E-state index in [4.69, 9.17) is 16.0 Å². The summed E-state index contributed by atoms with van der Waals surface area (Å²) in [5.74, 6) is 0.0240. The number of rotatable bonds is 2. The van der Waals surface area contributed by atoms with Gasteiger partial charge in [-0.2, -0.15) is 0 Å². The summed E-state index contributed by atoms with van der Waals surface area (Å²) in [6, 6.07) is 6.75. The molecule has 5 heteroatoms. The van der Waals surface area contributed by atoms with Gasteiger partial charge in [0.05, 0.1) is 0 Å². The molecule has 0 unspecified atom stereocenters. The van der Waals surface area contributed by atoms with Gasteiger partial charge in [0.25, 0.3) is 0 Å². The normalized spacial score (nSPS) is 10.6. The van der Waals surface area contributed by atoms with E-state index >= 15 is 0 Å². The van der Waals surface area contributed by atoms with Gasteiger partial charge in [0.1, 0.15) is 0 Å². The lowest BCUT2D eigenvalue weighted by atomic mass is 10.1. The van der Waals surface area contributed by atoms with E-state index in [1.165, 1.54) is 0 Å². The predicted octanol–water partition coefficient (Wildman–Crippen LogP) is 5.00. The van der Waals surface area contributed by atoms with Crippen molar-refractivity contribution in [2.24, 2.45) is 0 Å². The SMILES string of the molecule is Cc1cc(Br)c(C(=O)c2ccc(Cl)o2)cc1Br. The van der Waals surface area contributed by atoms with Gasteiger partial charge in [0, 0.05) is 14.5 Å². The smallest absolute Gasteiger partial charge is 0.229 e. The Bertz CT molecular complexity index is 590. The van der Waals surface area contributed by atoms with Crippen molar-refractivity contribution >= 4 is 49.2 Å². The standard InChI is InChI=1S/C12H7Br2ClO2/c1-6-4-9(14)7(5-8(6)13)12(16)10-2-3-11(15)17-10/h2-5H,1H3. The van der Waals surface area contributed by atoms with Gasteiger partial charge in [-0.15, -0.1) is 0 Å². The van der Waals surface area contributed by atoms with Gasteiger partial charge < -0.3 is 4.42 Å². The van der Waals surface area contributed by atoms with Crippen molar-refractivity contribution in [2.45, 2.75) is 6.92 Å². The molecule has 0 amide bonds. The minimum atomic E-state index is -0.204. The highest BCUT2D eigenvalue weighted by molar-refractivity contribution is 9.11. The van der Waals surface area contributed by atoms with E-state index in [2.05, 4.69) is 31.9 Å². The molecule has 0 bridgehead atoms. The summed E-state index contributed by atoms with van der Waals surface area (Å²) in [5, 5.41) is 0.204. The van der Waals surface area contributed by atoms with Crippen LogP contribution in [0.15, 0.2) is 37.6 Å². The van der Waals surface area contributed by atoms with Gasteiger partial charge in [0.15, 0.2) is 11.0 Å². The van der Waals surface area contributed by atoms with Crippen LogP contribution in [-0.4, -0.2) is 5.78 Å². The van der Waals surface area contributed by atoms with Crippen LogP contribution in [0.4, 0.5) is 0 Å². The Hall–Kier alpha value is -0.580. The molecule has 0 saturated heterocycles. The number of furan rings is 1. The Kier molecular flexibility index (Phi) is 3.76. The van der Waals surface area contributed by atoms with Gasteiger partial charge in [-0.25, -0.2) is 0 Å². The first-order chi connectivity index (χ1) is 7.99. The number of carbonyl (C=O) groups excluding carboxylic acids is 1. The van der Waals surface area contributed by atoms with E-state index in [9.17, 15) is 4.79 Å². The molecule has 1 aromatic carbocycles. The van der Waals surface area contributed by atoms with Crippen molar-refractivity contribution in [3.05, 3.63) is 55.3 Å². The van der Waals surface area contributed by atoms with Crippen LogP contribution < -0.4 is 0 Å². The van der Waals surface area contributed by atoms with Gasteiger partial charge in [0.2, 0.25) is 5.78 Å². The van der Waals surface area contributed by atoms with Crippen molar-refractivity contribution in [3.63, 3.8) is 0 Å². The van der Waals surface area contributed by atoms with E-state index in [1.807, 2.05) is 13.0 Å². The maximum Gasteiger partial charge on any atom is 0.229 e. The van der Waals surface area contributed by atoms with E-state index in [-0.39, 0.29) is 16.8 Å². The zero-order valence-electron chi connectivity index (χ0n) is 8.76. The topological polar surface area (TPSA) is 30.2 Å². The predicted molar refractivity (Wildman–Crippen MR) is 73.7 cm³/mol. The molecule has 88 valence electrons. The molecule has 1 heterocycles. The summed E-state index contributed by atoms with van der Waals surface area (Å²) in [5.41, 5.74) is 1.58. The molecule has 0 saturated carbocycles. The third-order valence-electron chi connectivity index (χ3n) is 2.29. The molecule has 2 aromatic rings. The number of benzene rings is 1. The molecule has 0 fully saturated rings. The number of ketones is 1. The second-order valence-electron chi connectivity index (χ2n) is 3.51. The van der Waals surface area contributed by atoms with Crippen molar-refractivity contribution in [3.8, 4) is 0 Å². The number of hydrogen-bond acceptors (Lipinski definition) is 2. The summed E-state index contributed by atoms with van der Waals surface area (Å²) < 4.78 is 6.71. The number of hydrogen-bond donors (Lipinski definition) is 0. The highest BCUT2D eigenvalue weighted by Crippen LogP contribution is 2.28. The van der Waals surface area contributed by atoms with Crippen molar-refractivity contribution in [2.75, 3.05) is 0 Å². The molecule has 0 aliphatic heterocycles. The van der Waals surface area contributed by atoms with Gasteiger partial charge in [-0.05, 0) is 48.4 Å². The van der Waals surface area contributed by atoms with Crippen molar-refractivity contribution in [1.82, 2.24) is 0 Å². The van der Waals surface area contributed by atoms with Crippen LogP contribution in [0.25, 0.3) is 0 Å². The summed E-state index contributed by atoms with van der Waals surface area (Å²) in [7, 11) is 0. The minimum Gasteiger partial charge on any atom is -0.441 e. The van der Waals surface area contributed by atoms with E-state index < -0.39 is 0 Å². The lowest BCUT2D eigenvalue weighted by molar-refractivity contribution is 0.101. The average molecular weight is 378 g/mol. The molecule has 2 nitrogen and oxygen atoms in total. The molecular formula is C12H7Br2ClO2. The monoisotopic (exact) mass is 376 g/mol. The number of halogens is 3. The lowest BCUT2D eigenvalue weighted by Crippen LogP contribution is -2.01. The Balaban J connectivity index is 2.47. The zero-order valence-corrected chi connectivity index (χ0v) is 12.7.